The first-order chi connectivity index (χ1) is 9.58. The van der Waals surface area contributed by atoms with Crippen LogP contribution in [-0.2, 0) is 11.3 Å². The molecule has 1 aromatic carbocycles. The Labute approximate surface area is 133 Å². The summed E-state index contributed by atoms with van der Waals surface area (Å²) < 4.78 is 0. The van der Waals surface area contributed by atoms with Gasteiger partial charge in [-0.15, -0.1) is 12.4 Å². The Hall–Kier alpha value is -1.26. The normalized spacial score (nSPS) is 15.7. The van der Waals surface area contributed by atoms with Crippen LogP contribution in [-0.4, -0.2) is 31.6 Å². The lowest BCUT2D eigenvalue weighted by molar-refractivity contribution is -0.120. The van der Waals surface area contributed by atoms with E-state index in [1.807, 2.05) is 12.1 Å². The van der Waals surface area contributed by atoms with Gasteiger partial charge in [-0.3, -0.25) is 4.79 Å². The number of benzene rings is 1. The van der Waals surface area contributed by atoms with Crippen molar-refractivity contribution >= 4 is 24.0 Å². The van der Waals surface area contributed by atoms with Gasteiger partial charge in [0.2, 0.25) is 5.91 Å². The quantitative estimate of drug-likeness (QED) is 0.896. The summed E-state index contributed by atoms with van der Waals surface area (Å²) in [5.41, 5.74) is 2.43. The molecule has 0 aliphatic carbocycles. The number of carbonyl (C=O) groups is 1. The molecule has 1 aliphatic rings. The molecule has 1 aromatic rings. The lowest BCUT2D eigenvalue weighted by Crippen LogP contribution is -2.44. The average molecular weight is 312 g/mol. The summed E-state index contributed by atoms with van der Waals surface area (Å²) in [6.07, 6.45) is 0. The topological polar surface area (TPSA) is 44.4 Å². The van der Waals surface area contributed by atoms with E-state index in [-0.39, 0.29) is 24.4 Å². The van der Waals surface area contributed by atoms with Gasteiger partial charge >= 0.3 is 0 Å². The first-order valence-corrected chi connectivity index (χ1v) is 7.41. The molecule has 4 nitrogen and oxygen atoms in total. The molecule has 1 aliphatic heterocycles. The summed E-state index contributed by atoms with van der Waals surface area (Å²) in [4.78, 5) is 14.3. The molecule has 1 heterocycles. The van der Waals surface area contributed by atoms with Gasteiger partial charge in [-0.05, 0) is 24.5 Å². The molecule has 0 bridgehead atoms. The maximum Gasteiger partial charge on any atom is 0.239 e. The van der Waals surface area contributed by atoms with Crippen LogP contribution < -0.4 is 15.5 Å². The van der Waals surface area contributed by atoms with E-state index < -0.39 is 0 Å². The van der Waals surface area contributed by atoms with Gasteiger partial charge in [-0.25, -0.2) is 0 Å². The van der Waals surface area contributed by atoms with Crippen LogP contribution in [0.3, 0.4) is 0 Å². The first kappa shape index (κ1) is 17.8. The molecule has 0 saturated carbocycles. The minimum Gasteiger partial charge on any atom is -0.361 e. The van der Waals surface area contributed by atoms with Crippen molar-refractivity contribution in [1.29, 1.82) is 0 Å². The Bertz CT molecular complexity index is 465. The Kier molecular flexibility index (Phi) is 6.99. The van der Waals surface area contributed by atoms with Crippen molar-refractivity contribution in [2.75, 3.05) is 24.5 Å². The number of hydrogen-bond donors (Lipinski definition) is 2. The number of rotatable bonds is 4. The Morgan fingerprint density at radius 3 is 2.76 bits per heavy atom. The van der Waals surface area contributed by atoms with Crippen LogP contribution in [0.4, 0.5) is 5.69 Å². The van der Waals surface area contributed by atoms with E-state index in [2.05, 4.69) is 48.4 Å². The molecule has 1 amide bonds. The lowest BCUT2D eigenvalue weighted by atomic mass is 10.1. The molecule has 0 saturated heterocycles. The molecule has 118 valence electrons. The third-order valence-electron chi connectivity index (χ3n) is 3.93. The van der Waals surface area contributed by atoms with Crippen molar-refractivity contribution in [3.05, 3.63) is 29.8 Å². The van der Waals surface area contributed by atoms with Gasteiger partial charge in [-0.1, -0.05) is 32.0 Å². The summed E-state index contributed by atoms with van der Waals surface area (Å²) in [5.74, 6) is 0.555. The van der Waals surface area contributed by atoms with E-state index >= 15 is 0 Å². The molecule has 0 radical (unpaired) electrons. The van der Waals surface area contributed by atoms with Crippen LogP contribution in [0.15, 0.2) is 24.3 Å². The predicted molar refractivity (Wildman–Crippen MR) is 90.1 cm³/mol. The van der Waals surface area contributed by atoms with Gasteiger partial charge in [-0.2, -0.15) is 0 Å². The predicted octanol–water partition coefficient (Wildman–Crippen LogP) is 2.18. The molecule has 2 N–H and O–H groups in total. The first-order valence-electron chi connectivity index (χ1n) is 7.41. The zero-order chi connectivity index (χ0) is 14.5. The third-order valence-corrected chi connectivity index (χ3v) is 3.93. The van der Waals surface area contributed by atoms with Crippen molar-refractivity contribution in [3.63, 3.8) is 0 Å². The van der Waals surface area contributed by atoms with Gasteiger partial charge in [0.15, 0.2) is 0 Å². The molecule has 0 spiro atoms. The largest absolute Gasteiger partial charge is 0.361 e. The molecule has 0 fully saturated rings. The van der Waals surface area contributed by atoms with Crippen LogP contribution in [0.25, 0.3) is 0 Å². The fourth-order valence-corrected chi connectivity index (χ4v) is 2.33. The van der Waals surface area contributed by atoms with Crippen LogP contribution in [0.2, 0.25) is 0 Å². The van der Waals surface area contributed by atoms with E-state index in [0.29, 0.717) is 12.5 Å². The minimum absolute atomic E-state index is 0. The third kappa shape index (κ3) is 4.90. The molecule has 5 heteroatoms. The Morgan fingerprint density at radius 1 is 1.33 bits per heavy atom. The van der Waals surface area contributed by atoms with Crippen molar-refractivity contribution in [2.24, 2.45) is 5.92 Å². The van der Waals surface area contributed by atoms with E-state index in [1.54, 1.807) is 0 Å². The maximum atomic E-state index is 12.2. The highest BCUT2D eigenvalue weighted by molar-refractivity contribution is 5.85. The van der Waals surface area contributed by atoms with Crippen molar-refractivity contribution in [2.45, 2.75) is 33.4 Å². The Morgan fingerprint density at radius 2 is 2.05 bits per heavy atom. The molecule has 1 atom stereocenters. The summed E-state index contributed by atoms with van der Waals surface area (Å²) in [5, 5.41) is 6.47. The van der Waals surface area contributed by atoms with Crippen molar-refractivity contribution in [1.82, 2.24) is 10.6 Å². The van der Waals surface area contributed by atoms with Crippen LogP contribution in [0.1, 0.15) is 26.3 Å². The smallest absolute Gasteiger partial charge is 0.239 e. The Balaban J connectivity index is 0.00000220. The number of para-hydroxylation sites is 1. The molecule has 1 unspecified atom stereocenters. The van der Waals surface area contributed by atoms with Crippen molar-refractivity contribution in [3.8, 4) is 0 Å². The monoisotopic (exact) mass is 311 g/mol. The molecule has 21 heavy (non-hydrogen) atoms. The minimum atomic E-state index is 0. The second kappa shape index (κ2) is 8.25. The SMILES string of the molecule is CC(C)C(C)NC(=O)CN1CCNCc2ccccc21.Cl. The van der Waals surface area contributed by atoms with Gasteiger partial charge in [0.25, 0.3) is 0 Å². The number of nitrogens with one attached hydrogen (secondary N) is 2. The number of anilines is 1. The number of carbonyl (C=O) groups excluding carboxylic acids is 1. The van der Waals surface area contributed by atoms with E-state index in [9.17, 15) is 4.79 Å². The molecule has 0 aromatic heterocycles. The van der Waals surface area contributed by atoms with Crippen LogP contribution in [0, 0.1) is 5.92 Å². The van der Waals surface area contributed by atoms with Gasteiger partial charge in [0.05, 0.1) is 6.54 Å². The van der Waals surface area contributed by atoms with E-state index in [4.69, 9.17) is 0 Å². The zero-order valence-corrected chi connectivity index (χ0v) is 13.9. The van der Waals surface area contributed by atoms with E-state index in [0.717, 1.165) is 19.6 Å². The summed E-state index contributed by atoms with van der Waals surface area (Å²) in [7, 11) is 0. The highest BCUT2D eigenvalue weighted by atomic mass is 35.5. The van der Waals surface area contributed by atoms with Gasteiger partial charge in [0, 0.05) is 31.4 Å². The van der Waals surface area contributed by atoms with Gasteiger partial charge < -0.3 is 15.5 Å². The molecular weight excluding hydrogens is 286 g/mol. The zero-order valence-electron chi connectivity index (χ0n) is 13.1. The molecular formula is C16H26ClN3O. The second-order valence-corrected chi connectivity index (χ2v) is 5.83. The average Bonchev–Trinajstić information content (AvgIpc) is 2.61. The number of amides is 1. The number of fused-ring (bicyclic) bond motifs is 1. The van der Waals surface area contributed by atoms with E-state index in [1.165, 1.54) is 11.3 Å². The van der Waals surface area contributed by atoms with Crippen LogP contribution in [0.5, 0.6) is 0 Å². The fraction of sp³-hybridized carbons (Fsp3) is 0.562. The standard InChI is InChI=1S/C16H25N3O.ClH/c1-12(2)13(3)18-16(20)11-19-9-8-17-10-14-6-4-5-7-15(14)19;/h4-7,12-13,17H,8-11H2,1-3H3,(H,18,20);1H. The maximum absolute atomic E-state index is 12.2. The van der Waals surface area contributed by atoms with Crippen molar-refractivity contribution < 1.29 is 4.79 Å². The highest BCUT2D eigenvalue weighted by Crippen LogP contribution is 2.21. The second-order valence-electron chi connectivity index (χ2n) is 5.83. The van der Waals surface area contributed by atoms with Crippen LogP contribution >= 0.6 is 12.4 Å². The molecule has 2 rings (SSSR count). The number of hydrogen-bond acceptors (Lipinski definition) is 3. The summed E-state index contributed by atoms with van der Waals surface area (Å²) >= 11 is 0. The highest BCUT2D eigenvalue weighted by Gasteiger charge is 2.18. The fourth-order valence-electron chi connectivity index (χ4n) is 2.33. The van der Waals surface area contributed by atoms with Gasteiger partial charge in [0.1, 0.15) is 0 Å². The number of halogens is 1. The summed E-state index contributed by atoms with van der Waals surface area (Å²) in [6, 6.07) is 8.51. The summed E-state index contributed by atoms with van der Waals surface area (Å²) in [6.45, 7) is 9.36. The lowest BCUT2D eigenvalue weighted by Gasteiger charge is -2.25. The number of nitrogens with zero attached hydrogens (tertiary/aromatic N) is 1.